The Morgan fingerprint density at radius 3 is 2.74 bits per heavy atom. The van der Waals surface area contributed by atoms with Crippen LogP contribution in [0.1, 0.15) is 23.6 Å². The van der Waals surface area contributed by atoms with Crippen molar-refractivity contribution in [1.82, 2.24) is 15.2 Å². The number of nitrogens with zero attached hydrogens (tertiary/aromatic N) is 4. The molecule has 4 heterocycles. The fourth-order valence-electron chi connectivity index (χ4n) is 5.96. The van der Waals surface area contributed by atoms with Crippen LogP contribution < -0.4 is 15.1 Å². The lowest BCUT2D eigenvalue weighted by atomic mass is 9.99. The molecule has 0 spiro atoms. The second kappa shape index (κ2) is 7.50. The first-order valence-electron chi connectivity index (χ1n) is 11.6. The van der Waals surface area contributed by atoms with Crippen LogP contribution in [0.15, 0.2) is 48.7 Å². The molecular weight excluding hydrogens is 382 g/mol. The number of nitrogens with one attached hydrogen (secondary N) is 1. The molecule has 2 atom stereocenters. The highest BCUT2D eigenvalue weighted by Gasteiger charge is 2.37. The average molecular weight is 414 g/mol. The van der Waals surface area contributed by atoms with Crippen LogP contribution in [-0.4, -0.2) is 54.7 Å². The summed E-state index contributed by atoms with van der Waals surface area (Å²) in [5.74, 6) is 0. The van der Waals surface area contributed by atoms with Crippen molar-refractivity contribution >= 4 is 22.3 Å². The van der Waals surface area contributed by atoms with E-state index >= 15 is 0 Å². The van der Waals surface area contributed by atoms with E-state index in [-0.39, 0.29) is 0 Å². The van der Waals surface area contributed by atoms with Gasteiger partial charge in [0.15, 0.2) is 0 Å². The third-order valence-corrected chi connectivity index (χ3v) is 7.51. The molecule has 31 heavy (non-hydrogen) atoms. The van der Waals surface area contributed by atoms with Crippen molar-refractivity contribution < 1.29 is 0 Å². The Labute approximate surface area is 184 Å². The fourth-order valence-corrected chi connectivity index (χ4v) is 5.96. The first kappa shape index (κ1) is 19.1. The van der Waals surface area contributed by atoms with Gasteiger partial charge in [-0.3, -0.25) is 9.88 Å². The molecule has 1 N–H and O–H groups in total. The molecule has 3 aliphatic heterocycles. The molecule has 0 amide bonds. The zero-order valence-electron chi connectivity index (χ0n) is 18.5. The first-order valence-corrected chi connectivity index (χ1v) is 11.6. The predicted molar refractivity (Wildman–Crippen MR) is 128 cm³/mol. The van der Waals surface area contributed by atoms with Crippen molar-refractivity contribution in [2.24, 2.45) is 0 Å². The lowest BCUT2D eigenvalue weighted by Crippen LogP contribution is -2.65. The molecule has 0 bridgehead atoms. The van der Waals surface area contributed by atoms with Gasteiger partial charge in [-0.15, -0.1) is 0 Å². The number of aromatic nitrogens is 1. The van der Waals surface area contributed by atoms with E-state index in [9.17, 15) is 0 Å². The van der Waals surface area contributed by atoms with E-state index in [2.05, 4.69) is 81.3 Å². The van der Waals surface area contributed by atoms with Crippen molar-refractivity contribution in [2.45, 2.75) is 39.0 Å². The molecule has 6 rings (SSSR count). The highest BCUT2D eigenvalue weighted by Crippen LogP contribution is 2.34. The molecule has 0 radical (unpaired) electrons. The molecule has 3 aliphatic rings. The normalized spacial score (nSPS) is 23.8. The number of hydrogen-bond donors (Lipinski definition) is 1. The quantitative estimate of drug-likeness (QED) is 0.695. The summed E-state index contributed by atoms with van der Waals surface area (Å²) in [6.45, 7) is 12.1. The molecule has 2 fully saturated rings. The smallest absolute Gasteiger partial charge is 0.0751 e. The van der Waals surface area contributed by atoms with Gasteiger partial charge < -0.3 is 15.1 Å². The topological polar surface area (TPSA) is 34.6 Å². The Bertz CT molecular complexity index is 1130. The van der Waals surface area contributed by atoms with Crippen LogP contribution in [0.4, 0.5) is 11.4 Å². The van der Waals surface area contributed by atoms with Gasteiger partial charge in [0.25, 0.3) is 0 Å². The van der Waals surface area contributed by atoms with E-state index in [1.807, 2.05) is 6.20 Å². The van der Waals surface area contributed by atoms with Gasteiger partial charge in [-0.05, 0) is 54.8 Å². The van der Waals surface area contributed by atoms with Gasteiger partial charge in [0, 0.05) is 80.9 Å². The molecule has 5 nitrogen and oxygen atoms in total. The molecule has 3 aromatic rings. The minimum Gasteiger partial charge on any atom is -0.368 e. The van der Waals surface area contributed by atoms with Crippen LogP contribution in [-0.2, 0) is 13.1 Å². The Kier molecular flexibility index (Phi) is 4.62. The maximum Gasteiger partial charge on any atom is 0.0751 e. The second-order valence-electron chi connectivity index (χ2n) is 9.41. The van der Waals surface area contributed by atoms with E-state index < -0.39 is 0 Å². The number of fused-ring (bicyclic) bond motifs is 3. The Morgan fingerprint density at radius 2 is 1.81 bits per heavy atom. The minimum atomic E-state index is 0.538. The van der Waals surface area contributed by atoms with Crippen molar-refractivity contribution in [1.29, 1.82) is 0 Å². The molecule has 0 saturated carbocycles. The minimum absolute atomic E-state index is 0.538. The Morgan fingerprint density at radius 1 is 0.903 bits per heavy atom. The molecule has 0 unspecified atom stereocenters. The molecule has 160 valence electrons. The Hall–Kier alpha value is -2.63. The van der Waals surface area contributed by atoms with E-state index in [1.54, 1.807) is 0 Å². The predicted octanol–water partition coefficient (Wildman–Crippen LogP) is 3.55. The van der Waals surface area contributed by atoms with Crippen LogP contribution >= 0.6 is 0 Å². The number of rotatable bonds is 2. The van der Waals surface area contributed by atoms with Crippen LogP contribution in [0.25, 0.3) is 10.9 Å². The molecule has 1 aromatic heterocycles. The number of pyridine rings is 1. The maximum atomic E-state index is 4.67. The summed E-state index contributed by atoms with van der Waals surface area (Å²) in [6.07, 6.45) is 1.91. The van der Waals surface area contributed by atoms with Gasteiger partial charge in [-0.25, -0.2) is 0 Å². The summed E-state index contributed by atoms with van der Waals surface area (Å²) in [5, 5.41) is 4.81. The molecular formula is C26H31N5. The SMILES string of the molecule is Cc1ccc(N2C[C@@H]3CN(c4cccc5c4CNC5)CCN3[C@H](C)C2)c2cccnc12. The second-order valence-corrected chi connectivity index (χ2v) is 9.41. The van der Waals surface area contributed by atoms with Crippen LogP contribution in [0, 0.1) is 6.92 Å². The molecule has 2 aromatic carbocycles. The van der Waals surface area contributed by atoms with Crippen molar-refractivity contribution in [3.05, 3.63) is 65.4 Å². The summed E-state index contributed by atoms with van der Waals surface area (Å²) in [6, 6.07) is 16.8. The highest BCUT2D eigenvalue weighted by molar-refractivity contribution is 5.93. The summed E-state index contributed by atoms with van der Waals surface area (Å²) in [4.78, 5) is 12.7. The number of aryl methyl sites for hydroxylation is 1. The molecule has 2 saturated heterocycles. The van der Waals surface area contributed by atoms with Crippen molar-refractivity contribution in [2.75, 3.05) is 42.5 Å². The third kappa shape index (κ3) is 3.19. The first-order chi connectivity index (χ1) is 15.2. The van der Waals surface area contributed by atoms with Gasteiger partial charge >= 0.3 is 0 Å². The van der Waals surface area contributed by atoms with Gasteiger partial charge in [0.05, 0.1) is 5.52 Å². The number of piperazine rings is 2. The molecule has 5 heteroatoms. The summed E-state index contributed by atoms with van der Waals surface area (Å²) in [7, 11) is 0. The standard InChI is InChI=1S/C26H31N5/c1-18-8-9-25(22-6-4-10-28-26(18)22)30-15-19(2)31-12-11-29(16-21(31)17-30)24-7-3-5-20-13-27-14-23(20)24/h3-10,19,21,27H,11-17H2,1-2H3/t19-,21+/m1/s1. The lowest BCUT2D eigenvalue weighted by Gasteiger charge is -2.52. The van der Waals surface area contributed by atoms with E-state index in [1.165, 1.54) is 33.5 Å². The van der Waals surface area contributed by atoms with Crippen molar-refractivity contribution in [3.63, 3.8) is 0 Å². The largest absolute Gasteiger partial charge is 0.368 e. The van der Waals surface area contributed by atoms with Gasteiger partial charge in [0.2, 0.25) is 0 Å². The van der Waals surface area contributed by atoms with E-state index in [4.69, 9.17) is 0 Å². The number of anilines is 2. The third-order valence-electron chi connectivity index (χ3n) is 7.51. The maximum absolute atomic E-state index is 4.67. The Balaban J connectivity index is 1.30. The summed E-state index contributed by atoms with van der Waals surface area (Å²) >= 11 is 0. The molecule has 0 aliphatic carbocycles. The highest BCUT2D eigenvalue weighted by atomic mass is 15.4. The zero-order chi connectivity index (χ0) is 20.9. The van der Waals surface area contributed by atoms with E-state index in [0.717, 1.165) is 51.3 Å². The summed E-state index contributed by atoms with van der Waals surface area (Å²) in [5.41, 5.74) is 8.14. The van der Waals surface area contributed by atoms with Crippen LogP contribution in [0.2, 0.25) is 0 Å². The number of hydrogen-bond acceptors (Lipinski definition) is 5. The summed E-state index contributed by atoms with van der Waals surface area (Å²) < 4.78 is 0. The monoisotopic (exact) mass is 413 g/mol. The fraction of sp³-hybridized carbons (Fsp3) is 0.423. The van der Waals surface area contributed by atoms with Gasteiger partial charge in [0.1, 0.15) is 0 Å². The van der Waals surface area contributed by atoms with Crippen LogP contribution in [0.3, 0.4) is 0 Å². The van der Waals surface area contributed by atoms with Crippen LogP contribution in [0.5, 0.6) is 0 Å². The van der Waals surface area contributed by atoms with Crippen molar-refractivity contribution in [3.8, 4) is 0 Å². The zero-order valence-corrected chi connectivity index (χ0v) is 18.5. The van der Waals surface area contributed by atoms with E-state index in [0.29, 0.717) is 12.1 Å². The van der Waals surface area contributed by atoms with Gasteiger partial charge in [-0.1, -0.05) is 18.2 Å². The average Bonchev–Trinajstić information content (AvgIpc) is 3.28. The van der Waals surface area contributed by atoms with Gasteiger partial charge in [-0.2, -0.15) is 0 Å². The number of benzene rings is 2. The lowest BCUT2D eigenvalue weighted by molar-refractivity contribution is 0.108.